The van der Waals surface area contributed by atoms with E-state index in [4.69, 9.17) is 4.74 Å². The molecule has 3 rings (SSSR count). The van der Waals surface area contributed by atoms with Crippen molar-refractivity contribution in [3.8, 4) is 11.5 Å². The average Bonchev–Trinajstić information content (AvgIpc) is 2.91. The summed E-state index contributed by atoms with van der Waals surface area (Å²) in [5.74, 6) is 1.65. The summed E-state index contributed by atoms with van der Waals surface area (Å²) in [6.45, 7) is 0.301. The van der Waals surface area contributed by atoms with Crippen molar-refractivity contribution in [3.63, 3.8) is 0 Å². The van der Waals surface area contributed by atoms with E-state index in [1.54, 1.807) is 0 Å². The number of rotatable bonds is 6. The van der Waals surface area contributed by atoms with Gasteiger partial charge in [-0.2, -0.15) is 0 Å². The minimum atomic E-state index is 0.0662. The third-order valence-corrected chi connectivity index (χ3v) is 4.51. The fourth-order valence-electron chi connectivity index (χ4n) is 3.15. The first kappa shape index (κ1) is 17.3. The van der Waals surface area contributed by atoms with Crippen molar-refractivity contribution in [2.24, 2.45) is 0 Å². The van der Waals surface area contributed by atoms with Crippen molar-refractivity contribution < 1.29 is 9.53 Å². The molecule has 4 heteroatoms. The third kappa shape index (κ3) is 5.82. The van der Waals surface area contributed by atoms with Gasteiger partial charge in [0.05, 0.1) is 6.54 Å². The van der Waals surface area contributed by atoms with Crippen LogP contribution in [0.2, 0.25) is 0 Å². The van der Waals surface area contributed by atoms with E-state index >= 15 is 0 Å². The predicted octanol–water partition coefficient (Wildman–Crippen LogP) is 4.73. The maximum Gasteiger partial charge on any atom is 0.239 e. The van der Waals surface area contributed by atoms with Crippen molar-refractivity contribution in [2.45, 2.75) is 44.6 Å². The normalized spacial score (nSPS) is 15.2. The number of anilines is 1. The highest BCUT2D eigenvalue weighted by atomic mass is 16.5. The molecule has 1 fully saturated rings. The quantitative estimate of drug-likeness (QED) is 0.749. The molecule has 0 radical (unpaired) electrons. The summed E-state index contributed by atoms with van der Waals surface area (Å²) >= 11 is 0. The van der Waals surface area contributed by atoms with Crippen LogP contribution in [-0.4, -0.2) is 18.5 Å². The smallest absolute Gasteiger partial charge is 0.239 e. The highest BCUT2D eigenvalue weighted by molar-refractivity contribution is 5.81. The second-order valence-corrected chi connectivity index (χ2v) is 6.55. The van der Waals surface area contributed by atoms with E-state index in [1.165, 1.54) is 25.7 Å². The second kappa shape index (κ2) is 9.11. The molecule has 0 spiro atoms. The maximum atomic E-state index is 12.1. The fourth-order valence-corrected chi connectivity index (χ4v) is 3.15. The van der Waals surface area contributed by atoms with Crippen molar-refractivity contribution in [3.05, 3.63) is 54.6 Å². The van der Waals surface area contributed by atoms with Gasteiger partial charge in [-0.1, -0.05) is 43.9 Å². The van der Waals surface area contributed by atoms with Gasteiger partial charge in [0.2, 0.25) is 5.91 Å². The highest BCUT2D eigenvalue weighted by Crippen LogP contribution is 2.22. The standard InChI is InChI=1S/C21H26N2O2/c24-21(23-18-8-4-1-2-5-9-18)16-22-17-12-14-20(15-13-17)25-19-10-6-3-7-11-19/h3,6-7,10-15,18,22H,1-2,4-5,8-9,16H2,(H,23,24). The van der Waals surface area contributed by atoms with Gasteiger partial charge in [-0.15, -0.1) is 0 Å². The molecule has 2 aromatic carbocycles. The number of benzene rings is 2. The van der Waals surface area contributed by atoms with Crippen LogP contribution in [0.5, 0.6) is 11.5 Å². The minimum absolute atomic E-state index is 0.0662. The van der Waals surface area contributed by atoms with Gasteiger partial charge in [-0.3, -0.25) is 4.79 Å². The molecule has 1 aliphatic rings. The number of amides is 1. The Morgan fingerprint density at radius 1 is 0.880 bits per heavy atom. The van der Waals surface area contributed by atoms with E-state index in [1.807, 2.05) is 54.6 Å². The fraction of sp³-hybridized carbons (Fsp3) is 0.381. The van der Waals surface area contributed by atoms with Gasteiger partial charge in [0.15, 0.2) is 0 Å². The molecular weight excluding hydrogens is 312 g/mol. The molecule has 132 valence electrons. The summed E-state index contributed by atoms with van der Waals surface area (Å²) in [5, 5.41) is 6.32. The largest absolute Gasteiger partial charge is 0.457 e. The monoisotopic (exact) mass is 338 g/mol. The summed E-state index contributed by atoms with van der Waals surface area (Å²) in [4.78, 5) is 12.1. The Morgan fingerprint density at radius 2 is 1.52 bits per heavy atom. The number of carbonyl (C=O) groups is 1. The SMILES string of the molecule is O=C(CNc1ccc(Oc2ccccc2)cc1)NC1CCCCCC1. The summed E-state index contributed by atoms with van der Waals surface area (Å²) < 4.78 is 5.76. The van der Waals surface area contributed by atoms with Gasteiger partial charge in [-0.05, 0) is 49.2 Å². The van der Waals surface area contributed by atoms with E-state index in [0.29, 0.717) is 12.6 Å². The number of para-hydroxylation sites is 1. The molecule has 4 nitrogen and oxygen atoms in total. The van der Waals surface area contributed by atoms with Crippen LogP contribution in [0.4, 0.5) is 5.69 Å². The van der Waals surface area contributed by atoms with E-state index in [2.05, 4.69) is 10.6 Å². The molecule has 0 aromatic heterocycles. The minimum Gasteiger partial charge on any atom is -0.457 e. The first-order chi connectivity index (χ1) is 12.3. The number of nitrogens with one attached hydrogen (secondary N) is 2. The summed E-state index contributed by atoms with van der Waals surface area (Å²) in [5.41, 5.74) is 0.913. The lowest BCUT2D eigenvalue weighted by Crippen LogP contribution is -2.38. The van der Waals surface area contributed by atoms with Crippen LogP contribution >= 0.6 is 0 Å². The lowest BCUT2D eigenvalue weighted by molar-refractivity contribution is -0.120. The van der Waals surface area contributed by atoms with Crippen LogP contribution in [0.15, 0.2) is 54.6 Å². The maximum absolute atomic E-state index is 12.1. The Morgan fingerprint density at radius 3 is 2.20 bits per heavy atom. The zero-order valence-electron chi connectivity index (χ0n) is 14.5. The molecule has 1 saturated carbocycles. The average molecular weight is 338 g/mol. The molecule has 0 heterocycles. The molecule has 0 bridgehead atoms. The van der Waals surface area contributed by atoms with Gasteiger partial charge in [0, 0.05) is 11.7 Å². The lowest BCUT2D eigenvalue weighted by Gasteiger charge is -2.16. The lowest BCUT2D eigenvalue weighted by atomic mass is 10.1. The number of hydrogen-bond acceptors (Lipinski definition) is 3. The second-order valence-electron chi connectivity index (χ2n) is 6.55. The van der Waals surface area contributed by atoms with Crippen LogP contribution < -0.4 is 15.4 Å². The van der Waals surface area contributed by atoms with E-state index in [-0.39, 0.29) is 5.91 Å². The van der Waals surface area contributed by atoms with Gasteiger partial charge in [0.25, 0.3) is 0 Å². The molecule has 25 heavy (non-hydrogen) atoms. The van der Waals surface area contributed by atoms with E-state index < -0.39 is 0 Å². The Kier molecular flexibility index (Phi) is 6.32. The van der Waals surface area contributed by atoms with Crippen molar-refractivity contribution in [1.82, 2.24) is 5.32 Å². The van der Waals surface area contributed by atoms with Gasteiger partial charge in [0.1, 0.15) is 11.5 Å². The number of hydrogen-bond donors (Lipinski definition) is 2. The van der Waals surface area contributed by atoms with Crippen LogP contribution in [0.25, 0.3) is 0 Å². The summed E-state index contributed by atoms with van der Waals surface area (Å²) in [6.07, 6.45) is 7.25. The van der Waals surface area contributed by atoms with Crippen molar-refractivity contribution in [2.75, 3.05) is 11.9 Å². The van der Waals surface area contributed by atoms with Crippen LogP contribution in [-0.2, 0) is 4.79 Å². The zero-order chi connectivity index (χ0) is 17.3. The Balaban J connectivity index is 1.44. The van der Waals surface area contributed by atoms with E-state index in [9.17, 15) is 4.79 Å². The number of ether oxygens (including phenoxy) is 1. The van der Waals surface area contributed by atoms with Crippen LogP contribution in [0.1, 0.15) is 38.5 Å². The van der Waals surface area contributed by atoms with Crippen molar-refractivity contribution in [1.29, 1.82) is 0 Å². The summed E-state index contributed by atoms with van der Waals surface area (Å²) in [7, 11) is 0. The highest BCUT2D eigenvalue weighted by Gasteiger charge is 2.14. The van der Waals surface area contributed by atoms with Crippen molar-refractivity contribution >= 4 is 11.6 Å². The molecule has 1 amide bonds. The Labute approximate surface area is 149 Å². The van der Waals surface area contributed by atoms with E-state index in [0.717, 1.165) is 30.0 Å². The van der Waals surface area contributed by atoms with Crippen LogP contribution in [0, 0.1) is 0 Å². The topological polar surface area (TPSA) is 50.4 Å². The first-order valence-corrected chi connectivity index (χ1v) is 9.16. The molecule has 2 N–H and O–H groups in total. The third-order valence-electron chi connectivity index (χ3n) is 4.51. The first-order valence-electron chi connectivity index (χ1n) is 9.16. The van der Waals surface area contributed by atoms with Gasteiger partial charge in [-0.25, -0.2) is 0 Å². The van der Waals surface area contributed by atoms with Crippen LogP contribution in [0.3, 0.4) is 0 Å². The van der Waals surface area contributed by atoms with Gasteiger partial charge >= 0.3 is 0 Å². The van der Waals surface area contributed by atoms with Gasteiger partial charge < -0.3 is 15.4 Å². The molecular formula is C21H26N2O2. The molecule has 0 unspecified atom stereocenters. The number of carbonyl (C=O) groups excluding carboxylic acids is 1. The summed E-state index contributed by atoms with van der Waals surface area (Å²) in [6, 6.07) is 17.7. The predicted molar refractivity (Wildman–Crippen MR) is 101 cm³/mol. The Hall–Kier alpha value is -2.49. The zero-order valence-corrected chi connectivity index (χ0v) is 14.5. The molecule has 0 aliphatic heterocycles. The molecule has 1 aliphatic carbocycles. The molecule has 2 aromatic rings. The molecule has 0 saturated heterocycles. The molecule has 0 atom stereocenters. The Bertz CT molecular complexity index is 647.